The highest BCUT2D eigenvalue weighted by molar-refractivity contribution is 5.75. The number of carbonyl (C=O) groups excluding carboxylic acids is 1. The molecule has 0 heterocycles. The molecule has 3 N–H and O–H groups in total. The standard InChI is InChI=1S/C21H42O2.H3N/c1-5-6-7-8-9-10-11-12-13-14-15-16-17-18-19-23-20(22)21(2,3)4;/h5-19H2,1-4H3;1H3. The zero-order valence-electron chi connectivity index (χ0n) is 17.1. The van der Waals surface area contributed by atoms with Crippen molar-refractivity contribution in [2.75, 3.05) is 6.61 Å². The summed E-state index contributed by atoms with van der Waals surface area (Å²) in [7, 11) is 0. The van der Waals surface area contributed by atoms with Gasteiger partial charge in [-0.15, -0.1) is 0 Å². The zero-order chi connectivity index (χ0) is 17.4. The largest absolute Gasteiger partial charge is 0.465 e. The van der Waals surface area contributed by atoms with Gasteiger partial charge in [-0.1, -0.05) is 90.4 Å². The predicted octanol–water partition coefficient (Wildman–Crippen LogP) is 7.22. The Morgan fingerprint density at radius 1 is 0.667 bits per heavy atom. The van der Waals surface area contributed by atoms with Crippen molar-refractivity contribution in [2.45, 2.75) is 118 Å². The molecule has 0 aromatic carbocycles. The Balaban J connectivity index is 0. The molecule has 0 aliphatic rings. The number of carbonyl (C=O) groups is 1. The monoisotopic (exact) mass is 343 g/mol. The highest BCUT2D eigenvalue weighted by Gasteiger charge is 2.22. The zero-order valence-corrected chi connectivity index (χ0v) is 17.1. The van der Waals surface area contributed by atoms with Gasteiger partial charge in [0.15, 0.2) is 0 Å². The molecule has 0 aromatic heterocycles. The molecule has 3 nitrogen and oxygen atoms in total. The molecule has 0 saturated carbocycles. The molecule has 146 valence electrons. The smallest absolute Gasteiger partial charge is 0.311 e. The third-order valence-electron chi connectivity index (χ3n) is 4.34. The van der Waals surface area contributed by atoms with E-state index >= 15 is 0 Å². The van der Waals surface area contributed by atoms with Gasteiger partial charge in [-0.25, -0.2) is 0 Å². The summed E-state index contributed by atoms with van der Waals surface area (Å²) in [6.07, 6.45) is 18.9. The first-order chi connectivity index (χ1) is 11.0. The minimum atomic E-state index is -0.365. The summed E-state index contributed by atoms with van der Waals surface area (Å²) in [4.78, 5) is 11.6. The molecule has 0 spiro atoms. The molecule has 24 heavy (non-hydrogen) atoms. The third kappa shape index (κ3) is 17.8. The number of ether oxygens (including phenoxy) is 1. The molecule has 0 fully saturated rings. The van der Waals surface area contributed by atoms with Gasteiger partial charge >= 0.3 is 5.97 Å². The minimum Gasteiger partial charge on any atom is -0.465 e. The van der Waals surface area contributed by atoms with Crippen molar-refractivity contribution in [1.29, 1.82) is 0 Å². The topological polar surface area (TPSA) is 61.3 Å². The third-order valence-corrected chi connectivity index (χ3v) is 4.34. The first-order valence-corrected chi connectivity index (χ1v) is 10.2. The molecule has 0 aliphatic heterocycles. The fourth-order valence-electron chi connectivity index (χ4n) is 2.68. The Morgan fingerprint density at radius 2 is 1.00 bits per heavy atom. The van der Waals surface area contributed by atoms with Crippen molar-refractivity contribution >= 4 is 5.97 Å². The van der Waals surface area contributed by atoms with Crippen LogP contribution in [0.4, 0.5) is 0 Å². The van der Waals surface area contributed by atoms with Crippen LogP contribution in [0.2, 0.25) is 0 Å². The summed E-state index contributed by atoms with van der Waals surface area (Å²) in [6, 6.07) is 0. The highest BCUT2D eigenvalue weighted by atomic mass is 16.5. The van der Waals surface area contributed by atoms with Crippen LogP contribution in [0, 0.1) is 5.41 Å². The fraction of sp³-hybridized carbons (Fsp3) is 0.952. The number of unbranched alkanes of at least 4 members (excludes halogenated alkanes) is 13. The summed E-state index contributed by atoms with van der Waals surface area (Å²) in [5, 5.41) is 0. The van der Waals surface area contributed by atoms with Crippen LogP contribution in [0.25, 0.3) is 0 Å². The van der Waals surface area contributed by atoms with Crippen LogP contribution in [-0.4, -0.2) is 12.6 Å². The first-order valence-electron chi connectivity index (χ1n) is 10.2. The van der Waals surface area contributed by atoms with E-state index in [9.17, 15) is 4.79 Å². The molecule has 0 rings (SSSR count). The van der Waals surface area contributed by atoms with Gasteiger partial charge in [0.1, 0.15) is 0 Å². The lowest BCUT2D eigenvalue weighted by Gasteiger charge is -2.16. The van der Waals surface area contributed by atoms with E-state index in [0.29, 0.717) is 6.61 Å². The maximum absolute atomic E-state index is 11.6. The highest BCUT2D eigenvalue weighted by Crippen LogP contribution is 2.16. The second-order valence-electron chi connectivity index (χ2n) is 7.98. The lowest BCUT2D eigenvalue weighted by molar-refractivity contribution is -0.153. The van der Waals surface area contributed by atoms with E-state index < -0.39 is 0 Å². The Hall–Kier alpha value is -0.570. The van der Waals surface area contributed by atoms with E-state index in [1.807, 2.05) is 20.8 Å². The average molecular weight is 344 g/mol. The van der Waals surface area contributed by atoms with Crippen LogP contribution >= 0.6 is 0 Å². The molecule has 0 amide bonds. The Bertz CT molecular complexity index is 272. The Labute approximate surface area is 151 Å². The van der Waals surface area contributed by atoms with Gasteiger partial charge < -0.3 is 10.9 Å². The average Bonchev–Trinajstić information content (AvgIpc) is 2.50. The molecule has 0 atom stereocenters. The molecule has 3 heteroatoms. The molecule has 0 saturated heterocycles. The minimum absolute atomic E-state index is 0. The summed E-state index contributed by atoms with van der Waals surface area (Å²) >= 11 is 0. The second-order valence-corrected chi connectivity index (χ2v) is 7.98. The van der Waals surface area contributed by atoms with E-state index in [4.69, 9.17) is 4.74 Å². The summed E-state index contributed by atoms with van der Waals surface area (Å²) in [5.41, 5.74) is -0.365. The van der Waals surface area contributed by atoms with Gasteiger partial charge in [-0.05, 0) is 27.2 Å². The lowest BCUT2D eigenvalue weighted by Crippen LogP contribution is -2.23. The van der Waals surface area contributed by atoms with E-state index in [1.165, 1.54) is 83.5 Å². The van der Waals surface area contributed by atoms with Crippen molar-refractivity contribution in [3.63, 3.8) is 0 Å². The SMILES string of the molecule is CCCCCCCCCCCCCCCCOC(=O)C(C)(C)C.N. The molecular weight excluding hydrogens is 298 g/mol. The van der Waals surface area contributed by atoms with Gasteiger partial charge in [0.25, 0.3) is 0 Å². The lowest BCUT2D eigenvalue weighted by atomic mass is 9.97. The summed E-state index contributed by atoms with van der Waals surface area (Å²) in [6.45, 7) is 8.58. The quantitative estimate of drug-likeness (QED) is 0.252. The van der Waals surface area contributed by atoms with Gasteiger partial charge in [0.05, 0.1) is 12.0 Å². The number of esters is 1. The number of hydrogen-bond acceptors (Lipinski definition) is 3. The molecule has 0 aromatic rings. The van der Waals surface area contributed by atoms with Crippen molar-refractivity contribution in [3.05, 3.63) is 0 Å². The maximum Gasteiger partial charge on any atom is 0.311 e. The van der Waals surface area contributed by atoms with Gasteiger partial charge in [-0.2, -0.15) is 0 Å². The second kappa shape index (κ2) is 17.3. The number of rotatable bonds is 15. The van der Waals surface area contributed by atoms with Crippen LogP contribution in [0.5, 0.6) is 0 Å². The first kappa shape index (κ1) is 25.7. The van der Waals surface area contributed by atoms with Crippen LogP contribution < -0.4 is 6.15 Å². The summed E-state index contributed by atoms with van der Waals surface area (Å²) < 4.78 is 5.27. The van der Waals surface area contributed by atoms with E-state index in [-0.39, 0.29) is 17.5 Å². The normalized spacial score (nSPS) is 11.2. The van der Waals surface area contributed by atoms with E-state index in [1.54, 1.807) is 0 Å². The molecule has 0 bridgehead atoms. The van der Waals surface area contributed by atoms with Gasteiger partial charge in [-0.3, -0.25) is 4.79 Å². The van der Waals surface area contributed by atoms with Crippen molar-refractivity contribution < 1.29 is 9.53 Å². The van der Waals surface area contributed by atoms with Crippen LogP contribution in [0.15, 0.2) is 0 Å². The van der Waals surface area contributed by atoms with Crippen LogP contribution in [0.3, 0.4) is 0 Å². The van der Waals surface area contributed by atoms with Crippen molar-refractivity contribution in [1.82, 2.24) is 6.15 Å². The van der Waals surface area contributed by atoms with Crippen molar-refractivity contribution in [2.24, 2.45) is 5.41 Å². The Morgan fingerprint density at radius 3 is 1.33 bits per heavy atom. The van der Waals surface area contributed by atoms with Crippen LogP contribution in [-0.2, 0) is 9.53 Å². The van der Waals surface area contributed by atoms with Crippen molar-refractivity contribution in [3.8, 4) is 0 Å². The molecule has 0 radical (unpaired) electrons. The van der Waals surface area contributed by atoms with E-state index in [2.05, 4.69) is 6.92 Å². The predicted molar refractivity (Wildman–Crippen MR) is 106 cm³/mol. The van der Waals surface area contributed by atoms with Crippen LogP contribution in [0.1, 0.15) is 118 Å². The van der Waals surface area contributed by atoms with Gasteiger partial charge in [0.2, 0.25) is 0 Å². The number of hydrogen-bond donors (Lipinski definition) is 1. The van der Waals surface area contributed by atoms with Gasteiger partial charge in [0, 0.05) is 0 Å². The maximum atomic E-state index is 11.6. The summed E-state index contributed by atoms with van der Waals surface area (Å²) in [5.74, 6) is -0.0767. The van der Waals surface area contributed by atoms with E-state index in [0.717, 1.165) is 6.42 Å². The fourth-order valence-corrected chi connectivity index (χ4v) is 2.68. The molecule has 0 aliphatic carbocycles. The Kier molecular flexibility index (Phi) is 18.5. The molecule has 0 unspecified atom stereocenters. The molecular formula is C21H45NO2.